The maximum absolute atomic E-state index is 12.2. The fourth-order valence-electron chi connectivity index (χ4n) is 2.40. The largest absolute Gasteiger partial charge is 0.452 e. The lowest BCUT2D eigenvalue weighted by Gasteiger charge is -2.34. The van der Waals surface area contributed by atoms with Crippen molar-refractivity contribution in [2.45, 2.75) is 0 Å². The second-order valence-electron chi connectivity index (χ2n) is 5.23. The van der Waals surface area contributed by atoms with Crippen LogP contribution in [0.5, 0.6) is 0 Å². The summed E-state index contributed by atoms with van der Waals surface area (Å²) in [5.41, 5.74) is 0.330. The molecule has 0 radical (unpaired) electrons. The van der Waals surface area contributed by atoms with Crippen LogP contribution in [0.4, 0.5) is 5.95 Å². The molecule has 0 N–H and O–H groups in total. The molecule has 0 aliphatic carbocycles. The van der Waals surface area contributed by atoms with Gasteiger partial charge < -0.3 is 14.5 Å². The van der Waals surface area contributed by atoms with Gasteiger partial charge in [-0.25, -0.2) is 14.8 Å². The van der Waals surface area contributed by atoms with Gasteiger partial charge in [-0.3, -0.25) is 9.78 Å². The molecule has 0 spiro atoms. The van der Waals surface area contributed by atoms with E-state index in [0.29, 0.717) is 37.7 Å². The fourth-order valence-corrected chi connectivity index (χ4v) is 2.40. The van der Waals surface area contributed by atoms with E-state index in [1.54, 1.807) is 41.7 Å². The van der Waals surface area contributed by atoms with Crippen LogP contribution in [0.2, 0.25) is 0 Å². The Balaban J connectivity index is 1.46. The third-order valence-electron chi connectivity index (χ3n) is 3.69. The van der Waals surface area contributed by atoms with Gasteiger partial charge >= 0.3 is 5.97 Å². The first-order chi connectivity index (χ1) is 11.7. The van der Waals surface area contributed by atoms with E-state index in [-0.39, 0.29) is 12.5 Å². The number of nitrogens with zero attached hydrogens (tertiary/aromatic N) is 5. The van der Waals surface area contributed by atoms with Crippen molar-refractivity contribution in [3.8, 4) is 0 Å². The molecular formula is C16H17N5O3. The number of amides is 1. The normalized spacial score (nSPS) is 14.3. The quantitative estimate of drug-likeness (QED) is 0.750. The van der Waals surface area contributed by atoms with Gasteiger partial charge in [0.05, 0.1) is 5.56 Å². The highest BCUT2D eigenvalue weighted by Crippen LogP contribution is 2.10. The lowest BCUT2D eigenvalue weighted by atomic mass is 10.3. The molecule has 1 amide bonds. The Morgan fingerprint density at radius 3 is 2.46 bits per heavy atom. The number of carbonyl (C=O) groups is 2. The number of hydrogen-bond acceptors (Lipinski definition) is 7. The lowest BCUT2D eigenvalue weighted by molar-refractivity contribution is -0.134. The first-order valence-electron chi connectivity index (χ1n) is 7.61. The van der Waals surface area contributed by atoms with Crippen molar-refractivity contribution >= 4 is 17.8 Å². The van der Waals surface area contributed by atoms with Crippen molar-refractivity contribution in [1.82, 2.24) is 19.9 Å². The lowest BCUT2D eigenvalue weighted by Crippen LogP contribution is -2.50. The molecule has 24 heavy (non-hydrogen) atoms. The Kier molecular flexibility index (Phi) is 4.95. The molecule has 0 atom stereocenters. The summed E-state index contributed by atoms with van der Waals surface area (Å²) in [5, 5.41) is 0. The van der Waals surface area contributed by atoms with E-state index in [1.807, 2.05) is 4.90 Å². The van der Waals surface area contributed by atoms with Gasteiger partial charge in [0.2, 0.25) is 5.95 Å². The predicted molar refractivity (Wildman–Crippen MR) is 85.3 cm³/mol. The Morgan fingerprint density at radius 1 is 1.04 bits per heavy atom. The zero-order chi connectivity index (χ0) is 16.8. The van der Waals surface area contributed by atoms with Crippen LogP contribution in [-0.2, 0) is 9.53 Å². The maximum Gasteiger partial charge on any atom is 0.340 e. The number of ether oxygens (including phenoxy) is 1. The van der Waals surface area contributed by atoms with Gasteiger partial charge in [-0.2, -0.15) is 0 Å². The number of anilines is 1. The van der Waals surface area contributed by atoms with E-state index in [1.165, 1.54) is 6.20 Å². The molecule has 1 fully saturated rings. The van der Waals surface area contributed by atoms with E-state index in [9.17, 15) is 9.59 Å². The average Bonchev–Trinajstić information content (AvgIpc) is 2.67. The first-order valence-corrected chi connectivity index (χ1v) is 7.61. The molecule has 2 aromatic heterocycles. The number of aromatic nitrogens is 3. The van der Waals surface area contributed by atoms with Crippen LogP contribution in [0.25, 0.3) is 0 Å². The van der Waals surface area contributed by atoms with Crippen molar-refractivity contribution in [2.24, 2.45) is 0 Å². The zero-order valence-electron chi connectivity index (χ0n) is 13.0. The molecule has 0 aromatic carbocycles. The highest BCUT2D eigenvalue weighted by Gasteiger charge is 2.23. The summed E-state index contributed by atoms with van der Waals surface area (Å²) in [6, 6.07) is 5.00. The van der Waals surface area contributed by atoms with E-state index in [4.69, 9.17) is 4.74 Å². The van der Waals surface area contributed by atoms with Crippen molar-refractivity contribution in [3.05, 3.63) is 48.5 Å². The summed E-state index contributed by atoms with van der Waals surface area (Å²) in [6.45, 7) is 2.11. The summed E-state index contributed by atoms with van der Waals surface area (Å²) in [7, 11) is 0. The number of pyridine rings is 1. The van der Waals surface area contributed by atoms with Crippen LogP contribution in [0.1, 0.15) is 10.4 Å². The molecule has 0 unspecified atom stereocenters. The van der Waals surface area contributed by atoms with Crippen LogP contribution in [0.3, 0.4) is 0 Å². The zero-order valence-corrected chi connectivity index (χ0v) is 13.0. The van der Waals surface area contributed by atoms with E-state index >= 15 is 0 Å². The summed E-state index contributed by atoms with van der Waals surface area (Å²) in [6.07, 6.45) is 6.36. The molecule has 1 saturated heterocycles. The predicted octanol–water partition coefficient (Wildman–Crippen LogP) is 0.377. The second-order valence-corrected chi connectivity index (χ2v) is 5.23. The van der Waals surface area contributed by atoms with Crippen molar-refractivity contribution < 1.29 is 14.3 Å². The number of hydrogen-bond donors (Lipinski definition) is 0. The van der Waals surface area contributed by atoms with Gasteiger partial charge in [-0.05, 0) is 18.2 Å². The standard InChI is InChI=1S/C16H17N5O3/c22-14(12-24-15(23)13-3-1-4-17-11-13)20-7-9-21(10-8-20)16-18-5-2-6-19-16/h1-6,11H,7-10,12H2. The topological polar surface area (TPSA) is 88.5 Å². The minimum Gasteiger partial charge on any atom is -0.452 e. The highest BCUT2D eigenvalue weighted by atomic mass is 16.5. The average molecular weight is 327 g/mol. The smallest absolute Gasteiger partial charge is 0.340 e. The van der Waals surface area contributed by atoms with Crippen molar-refractivity contribution in [3.63, 3.8) is 0 Å². The van der Waals surface area contributed by atoms with Crippen LogP contribution in [-0.4, -0.2) is 64.5 Å². The summed E-state index contributed by atoms with van der Waals surface area (Å²) in [4.78, 5) is 39.9. The van der Waals surface area contributed by atoms with Crippen LogP contribution < -0.4 is 4.90 Å². The molecule has 8 nitrogen and oxygen atoms in total. The number of carbonyl (C=O) groups excluding carboxylic acids is 2. The van der Waals surface area contributed by atoms with E-state index < -0.39 is 5.97 Å². The Morgan fingerprint density at radius 2 is 1.79 bits per heavy atom. The third-order valence-corrected chi connectivity index (χ3v) is 3.69. The number of rotatable bonds is 4. The van der Waals surface area contributed by atoms with Crippen molar-refractivity contribution in [1.29, 1.82) is 0 Å². The van der Waals surface area contributed by atoms with Crippen molar-refractivity contribution in [2.75, 3.05) is 37.7 Å². The minimum absolute atomic E-state index is 0.208. The summed E-state index contributed by atoms with van der Waals surface area (Å²) in [5.74, 6) is -0.0961. The Bertz CT molecular complexity index is 687. The molecule has 8 heteroatoms. The Hall–Kier alpha value is -3.03. The molecule has 3 rings (SSSR count). The fraction of sp³-hybridized carbons (Fsp3) is 0.312. The molecule has 0 saturated carbocycles. The number of piperazine rings is 1. The molecule has 1 aliphatic rings. The van der Waals surface area contributed by atoms with Crippen LogP contribution >= 0.6 is 0 Å². The second kappa shape index (κ2) is 7.49. The Labute approximate surface area is 139 Å². The van der Waals surface area contributed by atoms with Gasteiger partial charge in [-0.1, -0.05) is 0 Å². The summed E-state index contributed by atoms with van der Waals surface area (Å²) < 4.78 is 5.05. The monoisotopic (exact) mass is 327 g/mol. The molecule has 2 aromatic rings. The van der Waals surface area contributed by atoms with Gasteiger partial charge in [0.15, 0.2) is 6.61 Å². The summed E-state index contributed by atoms with van der Waals surface area (Å²) >= 11 is 0. The first kappa shape index (κ1) is 15.9. The SMILES string of the molecule is O=C(OCC(=O)N1CCN(c2ncccn2)CC1)c1cccnc1. The van der Waals surface area contributed by atoms with Gasteiger partial charge in [0.25, 0.3) is 5.91 Å². The van der Waals surface area contributed by atoms with E-state index in [2.05, 4.69) is 15.0 Å². The van der Waals surface area contributed by atoms with Gasteiger partial charge in [0.1, 0.15) is 0 Å². The minimum atomic E-state index is -0.548. The number of esters is 1. The molecule has 0 bridgehead atoms. The maximum atomic E-state index is 12.2. The molecule has 3 heterocycles. The van der Waals surface area contributed by atoms with Crippen LogP contribution in [0, 0.1) is 0 Å². The highest BCUT2D eigenvalue weighted by molar-refractivity contribution is 5.91. The molecular weight excluding hydrogens is 310 g/mol. The molecule has 124 valence electrons. The van der Waals surface area contributed by atoms with Gasteiger partial charge in [-0.15, -0.1) is 0 Å². The van der Waals surface area contributed by atoms with E-state index in [0.717, 1.165) is 0 Å². The molecule has 1 aliphatic heterocycles. The van der Waals surface area contributed by atoms with Crippen LogP contribution in [0.15, 0.2) is 43.0 Å². The van der Waals surface area contributed by atoms with Gasteiger partial charge in [0, 0.05) is 51.0 Å². The third kappa shape index (κ3) is 3.83.